The van der Waals surface area contributed by atoms with E-state index in [1.54, 1.807) is 37.4 Å². The van der Waals surface area contributed by atoms with Crippen LogP contribution in [0.5, 0.6) is 11.5 Å². The maximum atomic E-state index is 12.7. The zero-order valence-electron chi connectivity index (χ0n) is 21.6. The van der Waals surface area contributed by atoms with Crippen LogP contribution in [-0.4, -0.2) is 28.0 Å². The van der Waals surface area contributed by atoms with Crippen molar-refractivity contribution in [3.05, 3.63) is 77.4 Å². The predicted molar refractivity (Wildman–Crippen MR) is 145 cm³/mol. The fourth-order valence-electron chi connectivity index (χ4n) is 4.68. The highest BCUT2D eigenvalue weighted by atomic mass is 35.5. The Morgan fingerprint density at radius 2 is 1.78 bits per heavy atom. The number of ether oxygens (including phenoxy) is 2. The Labute approximate surface area is 217 Å². The van der Waals surface area contributed by atoms with Crippen LogP contribution in [0.25, 0.3) is 16.9 Å². The molecule has 188 valence electrons. The third-order valence-corrected chi connectivity index (χ3v) is 5.89. The first-order valence-corrected chi connectivity index (χ1v) is 12.2. The summed E-state index contributed by atoms with van der Waals surface area (Å²) < 4.78 is 13.3. The summed E-state index contributed by atoms with van der Waals surface area (Å²) in [5.74, 6) is 1.13. The summed E-state index contributed by atoms with van der Waals surface area (Å²) in [7, 11) is 1.55. The second-order valence-electron chi connectivity index (χ2n) is 10.7. The molecule has 2 aromatic heterocycles. The number of hydrogen-bond acceptors (Lipinski definition) is 5. The van der Waals surface area contributed by atoms with Gasteiger partial charge < -0.3 is 14.8 Å². The maximum Gasteiger partial charge on any atom is 0.343 e. The highest BCUT2D eigenvalue weighted by Crippen LogP contribution is 2.38. The molecule has 0 unspecified atom stereocenters. The molecule has 2 heterocycles. The molecule has 4 rings (SSSR count). The Balaban J connectivity index is 1.71. The average molecular weight is 506 g/mol. The van der Waals surface area contributed by atoms with Gasteiger partial charge in [-0.05, 0) is 74.2 Å². The smallest absolute Gasteiger partial charge is 0.343 e. The van der Waals surface area contributed by atoms with Crippen LogP contribution < -0.4 is 14.8 Å². The van der Waals surface area contributed by atoms with E-state index in [9.17, 15) is 4.79 Å². The molecule has 0 bridgehead atoms. The number of nitrogens with zero attached hydrogens (tertiary/aromatic N) is 2. The lowest BCUT2D eigenvalue weighted by Gasteiger charge is -2.34. The van der Waals surface area contributed by atoms with Gasteiger partial charge >= 0.3 is 5.97 Å². The summed E-state index contributed by atoms with van der Waals surface area (Å²) in [6, 6.07) is 18.0. The Morgan fingerprint density at radius 1 is 1.00 bits per heavy atom. The van der Waals surface area contributed by atoms with Crippen LogP contribution in [0.15, 0.2) is 66.9 Å². The molecule has 1 N–H and O–H groups in total. The minimum atomic E-state index is -0.512. The zero-order valence-corrected chi connectivity index (χ0v) is 22.3. The van der Waals surface area contributed by atoms with Gasteiger partial charge in [0.25, 0.3) is 0 Å². The molecule has 0 atom stereocenters. The number of pyridine rings is 1. The highest BCUT2D eigenvalue weighted by molar-refractivity contribution is 6.30. The van der Waals surface area contributed by atoms with Crippen LogP contribution >= 0.6 is 11.6 Å². The predicted octanol–water partition coefficient (Wildman–Crippen LogP) is 7.51. The van der Waals surface area contributed by atoms with Crippen molar-refractivity contribution < 1.29 is 14.3 Å². The summed E-state index contributed by atoms with van der Waals surface area (Å²) in [6.07, 6.45) is 2.96. The maximum absolute atomic E-state index is 12.7. The number of carbonyl (C=O) groups is 1. The molecule has 6 nitrogen and oxygen atoms in total. The van der Waals surface area contributed by atoms with Crippen molar-refractivity contribution >= 4 is 29.0 Å². The van der Waals surface area contributed by atoms with E-state index in [1.165, 1.54) is 0 Å². The largest absolute Gasteiger partial charge is 0.493 e. The topological polar surface area (TPSA) is 64.9 Å². The minimum Gasteiger partial charge on any atom is -0.493 e. The Hall–Kier alpha value is -3.51. The third kappa shape index (κ3) is 5.82. The fraction of sp³-hybridized carbons (Fsp3) is 0.310. The van der Waals surface area contributed by atoms with E-state index >= 15 is 0 Å². The molecule has 2 aromatic carbocycles. The van der Waals surface area contributed by atoms with Gasteiger partial charge in [-0.2, -0.15) is 0 Å². The van der Waals surface area contributed by atoms with E-state index in [0.29, 0.717) is 22.1 Å². The molecule has 0 aliphatic heterocycles. The number of esters is 1. The van der Waals surface area contributed by atoms with Crippen molar-refractivity contribution in [2.24, 2.45) is 5.41 Å². The second-order valence-corrected chi connectivity index (χ2v) is 11.2. The van der Waals surface area contributed by atoms with Crippen LogP contribution in [0.3, 0.4) is 0 Å². The molecule has 0 spiro atoms. The summed E-state index contributed by atoms with van der Waals surface area (Å²) in [5, 5.41) is 4.20. The van der Waals surface area contributed by atoms with Crippen LogP contribution in [0, 0.1) is 5.41 Å². The molecule has 0 saturated carbocycles. The Morgan fingerprint density at radius 3 is 2.47 bits per heavy atom. The number of nitrogens with one attached hydrogen (secondary N) is 1. The Kier molecular flexibility index (Phi) is 7.01. The van der Waals surface area contributed by atoms with Crippen molar-refractivity contribution in [2.75, 3.05) is 12.4 Å². The Bertz CT molecular complexity index is 1400. The first kappa shape index (κ1) is 25.6. The normalized spacial score (nSPS) is 12.0. The van der Waals surface area contributed by atoms with Gasteiger partial charge in [-0.1, -0.05) is 44.5 Å². The molecule has 0 radical (unpaired) electrons. The number of methoxy groups -OCH3 is 1. The number of hydrogen-bond donors (Lipinski definition) is 1. The quantitative estimate of drug-likeness (QED) is 0.208. The number of rotatable bonds is 7. The van der Waals surface area contributed by atoms with Crippen LogP contribution in [0.4, 0.5) is 5.82 Å². The number of anilines is 1. The van der Waals surface area contributed by atoms with Crippen LogP contribution in [-0.2, 0) is 0 Å². The summed E-state index contributed by atoms with van der Waals surface area (Å²) in [6.45, 7) is 11.1. The van der Waals surface area contributed by atoms with Gasteiger partial charge in [-0.25, -0.2) is 9.78 Å². The number of aromatic nitrogens is 2. The molecule has 0 aliphatic rings. The van der Waals surface area contributed by atoms with Crippen molar-refractivity contribution in [2.45, 2.75) is 46.6 Å². The number of halogens is 1. The summed E-state index contributed by atoms with van der Waals surface area (Å²) in [5.41, 5.74) is 2.78. The fourth-order valence-corrected chi connectivity index (χ4v) is 4.87. The van der Waals surface area contributed by atoms with E-state index in [2.05, 4.69) is 44.3 Å². The van der Waals surface area contributed by atoms with Gasteiger partial charge in [0.05, 0.1) is 12.7 Å². The van der Waals surface area contributed by atoms with Gasteiger partial charge in [0.15, 0.2) is 11.5 Å². The van der Waals surface area contributed by atoms with Gasteiger partial charge in [-0.15, -0.1) is 0 Å². The lowest BCUT2D eigenvalue weighted by Crippen LogP contribution is -2.36. The van der Waals surface area contributed by atoms with Gasteiger partial charge in [-0.3, -0.25) is 4.40 Å². The molecule has 0 amide bonds. The minimum absolute atomic E-state index is 0.148. The van der Waals surface area contributed by atoms with Gasteiger partial charge in [0.1, 0.15) is 17.2 Å². The molecule has 36 heavy (non-hydrogen) atoms. The monoisotopic (exact) mass is 505 g/mol. The first-order valence-electron chi connectivity index (χ1n) is 11.9. The van der Waals surface area contributed by atoms with Crippen molar-refractivity contribution in [1.82, 2.24) is 9.38 Å². The van der Waals surface area contributed by atoms with Crippen LogP contribution in [0.1, 0.15) is 51.4 Å². The first-order chi connectivity index (χ1) is 17.0. The van der Waals surface area contributed by atoms with E-state index in [0.717, 1.165) is 29.1 Å². The molecule has 7 heteroatoms. The van der Waals surface area contributed by atoms with E-state index in [4.69, 9.17) is 26.1 Å². The standard InChI is InChI=1S/C29H32ClN3O3/c1-28(2,3)18-29(4,5)32-26-25(31-24-12-7-8-15-33(24)26)19-13-14-22(23(17-19)35-6)36-27(34)20-10-9-11-21(30)16-20/h7-17,32H,18H2,1-6H3. The van der Waals surface area contributed by atoms with E-state index < -0.39 is 5.97 Å². The lowest BCUT2D eigenvalue weighted by molar-refractivity contribution is 0.0729. The van der Waals surface area contributed by atoms with Crippen molar-refractivity contribution in [1.29, 1.82) is 0 Å². The number of imidazole rings is 1. The highest BCUT2D eigenvalue weighted by Gasteiger charge is 2.28. The summed E-state index contributed by atoms with van der Waals surface area (Å²) >= 11 is 6.02. The second kappa shape index (κ2) is 9.86. The molecule has 0 saturated heterocycles. The number of carbonyl (C=O) groups excluding carboxylic acids is 1. The number of benzene rings is 2. The third-order valence-electron chi connectivity index (χ3n) is 5.66. The van der Waals surface area contributed by atoms with Gasteiger partial charge in [0.2, 0.25) is 0 Å². The molecule has 0 aliphatic carbocycles. The molecule has 4 aromatic rings. The molecular weight excluding hydrogens is 474 g/mol. The van der Waals surface area contributed by atoms with E-state index in [-0.39, 0.29) is 11.0 Å². The SMILES string of the molecule is COc1cc(-c2nc3ccccn3c2NC(C)(C)CC(C)(C)C)ccc1OC(=O)c1cccc(Cl)c1. The average Bonchev–Trinajstić information content (AvgIpc) is 3.15. The molecular formula is C29H32ClN3O3. The zero-order chi connectivity index (χ0) is 26.1. The van der Waals surface area contributed by atoms with E-state index in [1.807, 2.05) is 36.5 Å². The van der Waals surface area contributed by atoms with Gasteiger partial charge in [0, 0.05) is 22.3 Å². The number of fused-ring (bicyclic) bond motifs is 1. The van der Waals surface area contributed by atoms with Crippen LogP contribution in [0.2, 0.25) is 5.02 Å². The van der Waals surface area contributed by atoms with Crippen molar-refractivity contribution in [3.63, 3.8) is 0 Å². The van der Waals surface area contributed by atoms with Crippen molar-refractivity contribution in [3.8, 4) is 22.8 Å². The lowest BCUT2D eigenvalue weighted by atomic mass is 9.82. The summed E-state index contributed by atoms with van der Waals surface area (Å²) in [4.78, 5) is 17.6. The molecule has 0 fully saturated rings.